The Kier molecular flexibility index (Phi) is 5.50. The summed E-state index contributed by atoms with van der Waals surface area (Å²) in [5.41, 5.74) is 1.65. The van der Waals surface area contributed by atoms with Crippen molar-refractivity contribution in [3.8, 4) is 0 Å². The maximum Gasteiger partial charge on any atom is 0.293 e. The minimum absolute atomic E-state index is 0.184. The average Bonchev–Trinajstić information content (AvgIpc) is 2.50. The molecule has 116 valence electrons. The highest BCUT2D eigenvalue weighted by Gasteiger charge is 2.22. The van der Waals surface area contributed by atoms with Gasteiger partial charge in [-0.3, -0.25) is 4.79 Å². The second kappa shape index (κ2) is 7.36. The Labute approximate surface area is 134 Å². The number of carbonyl (C=O) groups is 1. The molecule has 0 saturated carbocycles. The van der Waals surface area contributed by atoms with Crippen LogP contribution in [0.25, 0.3) is 0 Å². The zero-order valence-electron chi connectivity index (χ0n) is 12.6. The van der Waals surface area contributed by atoms with Crippen LogP contribution < -0.4 is 9.88 Å². The van der Waals surface area contributed by atoms with E-state index in [1.807, 2.05) is 29.1 Å². The van der Waals surface area contributed by atoms with Crippen LogP contribution in [0.5, 0.6) is 0 Å². The lowest BCUT2D eigenvalue weighted by atomic mass is 10.1. The van der Waals surface area contributed by atoms with Crippen molar-refractivity contribution >= 4 is 23.2 Å². The predicted octanol–water partition coefficient (Wildman–Crippen LogP) is 3.92. The van der Waals surface area contributed by atoms with Gasteiger partial charge in [-0.15, -0.1) is 0 Å². The molecule has 0 unspecified atom stereocenters. The van der Waals surface area contributed by atoms with E-state index in [0.717, 1.165) is 12.8 Å². The van der Waals surface area contributed by atoms with Gasteiger partial charge in [0.1, 0.15) is 5.82 Å². The highest BCUT2D eigenvalue weighted by atomic mass is 35.5. The predicted molar refractivity (Wildman–Crippen MR) is 85.4 cm³/mol. The first-order chi connectivity index (χ1) is 10.5. The van der Waals surface area contributed by atoms with Crippen LogP contribution in [-0.4, -0.2) is 5.91 Å². The number of nitrogens with zero attached hydrogens (tertiary/aromatic N) is 1. The summed E-state index contributed by atoms with van der Waals surface area (Å²) in [4.78, 5) is 12.3. The minimum atomic E-state index is -0.433. The smallest absolute Gasteiger partial charge is 0.293 e. The standard InChI is InChI=1S/C17H18ClFN2O/c1-3-4-13-7-9-21(10-8-13)12(2)17(22)20-16-6-5-14(19)11-15(16)18/h5-12H,3-4H2,1-2H3/p+1/t12-/m1/s1. The number of anilines is 1. The molecule has 5 heteroatoms. The average molecular weight is 322 g/mol. The van der Waals surface area contributed by atoms with Crippen molar-refractivity contribution in [2.24, 2.45) is 0 Å². The number of aromatic nitrogens is 1. The summed E-state index contributed by atoms with van der Waals surface area (Å²) in [6.07, 6.45) is 5.89. The van der Waals surface area contributed by atoms with Crippen LogP contribution in [0.4, 0.5) is 10.1 Å². The number of benzene rings is 1. The fourth-order valence-electron chi connectivity index (χ4n) is 2.15. The van der Waals surface area contributed by atoms with Gasteiger partial charge in [-0.2, -0.15) is 4.57 Å². The third-order valence-corrected chi connectivity index (χ3v) is 3.79. The number of carbonyl (C=O) groups excluding carboxylic acids is 1. The summed E-state index contributed by atoms with van der Waals surface area (Å²) in [5.74, 6) is -0.640. The van der Waals surface area contributed by atoms with Gasteiger partial charge in [-0.25, -0.2) is 4.39 Å². The van der Waals surface area contributed by atoms with Gasteiger partial charge < -0.3 is 5.32 Å². The van der Waals surface area contributed by atoms with Crippen LogP contribution in [0, 0.1) is 5.82 Å². The Morgan fingerprint density at radius 2 is 2.00 bits per heavy atom. The number of hydrogen-bond donors (Lipinski definition) is 1. The molecule has 0 spiro atoms. The van der Waals surface area contributed by atoms with Crippen molar-refractivity contribution in [3.05, 3.63) is 59.1 Å². The molecule has 0 aliphatic rings. The molecule has 0 saturated heterocycles. The monoisotopic (exact) mass is 321 g/mol. The second-order valence-corrected chi connectivity index (χ2v) is 5.60. The van der Waals surface area contributed by atoms with Crippen molar-refractivity contribution in [1.82, 2.24) is 0 Å². The number of aryl methyl sites for hydroxylation is 1. The molecule has 1 heterocycles. The Morgan fingerprint density at radius 1 is 1.32 bits per heavy atom. The molecule has 0 radical (unpaired) electrons. The number of amides is 1. The fraction of sp³-hybridized carbons (Fsp3) is 0.294. The summed E-state index contributed by atoms with van der Waals surface area (Å²) >= 11 is 5.92. The minimum Gasteiger partial charge on any atom is -0.319 e. The van der Waals surface area contributed by atoms with E-state index < -0.39 is 11.9 Å². The molecule has 3 nitrogen and oxygen atoms in total. The zero-order chi connectivity index (χ0) is 16.1. The molecule has 1 atom stereocenters. The lowest BCUT2D eigenvalue weighted by Gasteiger charge is -2.10. The van der Waals surface area contributed by atoms with Crippen LogP contribution >= 0.6 is 11.6 Å². The molecule has 22 heavy (non-hydrogen) atoms. The van der Waals surface area contributed by atoms with Gasteiger partial charge in [0.15, 0.2) is 12.4 Å². The molecule has 1 aromatic carbocycles. The molecule has 2 aromatic rings. The van der Waals surface area contributed by atoms with Gasteiger partial charge >= 0.3 is 0 Å². The van der Waals surface area contributed by atoms with Crippen LogP contribution in [0.15, 0.2) is 42.7 Å². The molecule has 0 bridgehead atoms. The summed E-state index contributed by atoms with van der Waals surface area (Å²) in [6, 6.07) is 7.53. The van der Waals surface area contributed by atoms with Crippen molar-refractivity contribution in [1.29, 1.82) is 0 Å². The molecule has 2 rings (SSSR count). The third-order valence-electron chi connectivity index (χ3n) is 3.48. The number of halogens is 2. The molecule has 0 aliphatic carbocycles. The zero-order valence-corrected chi connectivity index (χ0v) is 13.4. The maximum absolute atomic E-state index is 13.0. The first-order valence-corrected chi connectivity index (χ1v) is 7.64. The van der Waals surface area contributed by atoms with Gasteiger partial charge in [0.2, 0.25) is 6.04 Å². The Hall–Kier alpha value is -1.94. The van der Waals surface area contributed by atoms with E-state index in [-0.39, 0.29) is 10.9 Å². The van der Waals surface area contributed by atoms with E-state index in [4.69, 9.17) is 11.6 Å². The van der Waals surface area contributed by atoms with Crippen LogP contribution in [0.3, 0.4) is 0 Å². The van der Waals surface area contributed by atoms with E-state index in [1.165, 1.54) is 23.8 Å². The van der Waals surface area contributed by atoms with E-state index in [0.29, 0.717) is 5.69 Å². The van der Waals surface area contributed by atoms with Gasteiger partial charge in [-0.05, 0) is 30.2 Å². The van der Waals surface area contributed by atoms with Crippen molar-refractivity contribution in [3.63, 3.8) is 0 Å². The number of pyridine rings is 1. The summed E-state index contributed by atoms with van der Waals surface area (Å²) in [6.45, 7) is 3.93. The summed E-state index contributed by atoms with van der Waals surface area (Å²) in [5, 5.41) is 2.90. The summed E-state index contributed by atoms with van der Waals surface area (Å²) < 4.78 is 14.8. The van der Waals surface area contributed by atoms with Crippen molar-refractivity contribution < 1.29 is 13.8 Å². The van der Waals surface area contributed by atoms with E-state index >= 15 is 0 Å². The highest BCUT2D eigenvalue weighted by molar-refractivity contribution is 6.33. The Bertz CT molecular complexity index is 658. The van der Waals surface area contributed by atoms with Crippen LogP contribution in [-0.2, 0) is 11.2 Å². The van der Waals surface area contributed by atoms with E-state index in [9.17, 15) is 9.18 Å². The second-order valence-electron chi connectivity index (χ2n) is 5.19. The van der Waals surface area contributed by atoms with Gasteiger partial charge in [0, 0.05) is 19.1 Å². The molecular formula is C17H19ClFN2O+. The van der Waals surface area contributed by atoms with E-state index in [1.54, 1.807) is 6.92 Å². The SMILES string of the molecule is CCCc1cc[n+]([C@H](C)C(=O)Nc2ccc(F)cc2Cl)cc1. The lowest BCUT2D eigenvalue weighted by molar-refractivity contribution is -0.705. The van der Waals surface area contributed by atoms with Crippen LogP contribution in [0.1, 0.15) is 31.9 Å². The van der Waals surface area contributed by atoms with Gasteiger partial charge in [0.05, 0.1) is 10.7 Å². The molecule has 1 aromatic heterocycles. The molecule has 0 aliphatic heterocycles. The summed E-state index contributed by atoms with van der Waals surface area (Å²) in [7, 11) is 0. The largest absolute Gasteiger partial charge is 0.319 e. The molecule has 1 N–H and O–H groups in total. The maximum atomic E-state index is 13.0. The Balaban J connectivity index is 2.08. The van der Waals surface area contributed by atoms with Crippen molar-refractivity contribution in [2.45, 2.75) is 32.7 Å². The van der Waals surface area contributed by atoms with Crippen molar-refractivity contribution in [2.75, 3.05) is 5.32 Å². The normalized spacial score (nSPS) is 12.0. The van der Waals surface area contributed by atoms with Gasteiger partial charge in [-0.1, -0.05) is 24.9 Å². The molecular weight excluding hydrogens is 303 g/mol. The third kappa shape index (κ3) is 4.04. The first-order valence-electron chi connectivity index (χ1n) is 7.27. The fourth-order valence-corrected chi connectivity index (χ4v) is 2.36. The Morgan fingerprint density at radius 3 is 2.59 bits per heavy atom. The quantitative estimate of drug-likeness (QED) is 0.832. The molecule has 1 amide bonds. The van der Waals surface area contributed by atoms with E-state index in [2.05, 4.69) is 12.2 Å². The lowest BCUT2D eigenvalue weighted by Crippen LogP contribution is -2.44. The van der Waals surface area contributed by atoms with Crippen LogP contribution in [0.2, 0.25) is 5.02 Å². The molecule has 0 fully saturated rings. The number of nitrogens with one attached hydrogen (secondary N) is 1. The topological polar surface area (TPSA) is 33.0 Å². The first kappa shape index (κ1) is 16.4. The number of rotatable bonds is 5. The highest BCUT2D eigenvalue weighted by Crippen LogP contribution is 2.22. The number of hydrogen-bond acceptors (Lipinski definition) is 1. The van der Waals surface area contributed by atoms with Gasteiger partial charge in [0.25, 0.3) is 5.91 Å².